The van der Waals surface area contributed by atoms with Crippen molar-refractivity contribution >= 4 is 6.09 Å². The first-order chi connectivity index (χ1) is 10.7. The van der Waals surface area contributed by atoms with Gasteiger partial charge < -0.3 is 14.4 Å². The Morgan fingerprint density at radius 2 is 2.04 bits per heavy atom. The minimum atomic E-state index is -1.26. The van der Waals surface area contributed by atoms with E-state index in [1.165, 1.54) is 24.1 Å². The van der Waals surface area contributed by atoms with Crippen LogP contribution in [0.5, 0.6) is 5.75 Å². The van der Waals surface area contributed by atoms with E-state index in [0.717, 1.165) is 0 Å². The molecule has 4 nitrogen and oxygen atoms in total. The lowest BCUT2D eigenvalue weighted by molar-refractivity contribution is 0.0111. The van der Waals surface area contributed by atoms with Gasteiger partial charge in [-0.1, -0.05) is 6.07 Å². The summed E-state index contributed by atoms with van der Waals surface area (Å²) in [6.45, 7) is 5.64. The standard InChI is InChI=1S/C17H23F2NO3/c1-17(2,3)23-16(21)20-8-7-12(14(19)10-20)11-5-6-15(22-4)13(18)9-11/h5-6,9,12,14H,7-8,10H2,1-4H3. The number of alkyl halides is 1. The van der Waals surface area contributed by atoms with Crippen LogP contribution in [0.3, 0.4) is 0 Å². The molecule has 0 aliphatic carbocycles. The fourth-order valence-corrected chi connectivity index (χ4v) is 2.69. The molecule has 1 saturated heterocycles. The lowest BCUT2D eigenvalue weighted by Gasteiger charge is -2.35. The molecule has 0 bridgehead atoms. The van der Waals surface area contributed by atoms with Crippen molar-refractivity contribution < 1.29 is 23.0 Å². The number of benzene rings is 1. The molecule has 1 amide bonds. The Morgan fingerprint density at radius 1 is 1.35 bits per heavy atom. The van der Waals surface area contributed by atoms with Gasteiger partial charge in [-0.3, -0.25) is 0 Å². The van der Waals surface area contributed by atoms with Gasteiger partial charge in [-0.05, 0) is 44.9 Å². The highest BCUT2D eigenvalue weighted by molar-refractivity contribution is 5.68. The van der Waals surface area contributed by atoms with E-state index in [9.17, 15) is 13.6 Å². The molecule has 2 unspecified atom stereocenters. The SMILES string of the molecule is COc1ccc(C2CCN(C(=O)OC(C)(C)C)CC2F)cc1F. The first-order valence-corrected chi connectivity index (χ1v) is 7.66. The van der Waals surface area contributed by atoms with E-state index >= 15 is 0 Å². The Kier molecular flexibility index (Phi) is 5.12. The van der Waals surface area contributed by atoms with Gasteiger partial charge in [-0.2, -0.15) is 0 Å². The van der Waals surface area contributed by atoms with Gasteiger partial charge in [0.1, 0.15) is 11.8 Å². The maximum Gasteiger partial charge on any atom is 0.410 e. The van der Waals surface area contributed by atoms with E-state index in [1.807, 2.05) is 0 Å². The number of carbonyl (C=O) groups excluding carboxylic acids is 1. The zero-order valence-electron chi connectivity index (χ0n) is 13.9. The summed E-state index contributed by atoms with van der Waals surface area (Å²) < 4.78 is 38.4. The number of rotatable bonds is 2. The van der Waals surface area contributed by atoms with Crippen molar-refractivity contribution in [2.75, 3.05) is 20.2 Å². The minimum Gasteiger partial charge on any atom is -0.494 e. The van der Waals surface area contributed by atoms with Crippen LogP contribution in [-0.2, 0) is 4.74 Å². The summed E-state index contributed by atoms with van der Waals surface area (Å²) in [4.78, 5) is 13.4. The lowest BCUT2D eigenvalue weighted by Crippen LogP contribution is -2.46. The molecule has 1 aliphatic rings. The number of amides is 1. The summed E-state index contributed by atoms with van der Waals surface area (Å²) in [5.74, 6) is -0.809. The van der Waals surface area contributed by atoms with E-state index in [1.54, 1.807) is 26.8 Å². The topological polar surface area (TPSA) is 38.8 Å². The first kappa shape index (κ1) is 17.5. The number of methoxy groups -OCH3 is 1. The first-order valence-electron chi connectivity index (χ1n) is 7.66. The van der Waals surface area contributed by atoms with E-state index < -0.39 is 29.6 Å². The van der Waals surface area contributed by atoms with Crippen LogP contribution in [0.1, 0.15) is 38.7 Å². The molecule has 2 atom stereocenters. The average Bonchev–Trinajstić information content (AvgIpc) is 2.45. The molecule has 23 heavy (non-hydrogen) atoms. The highest BCUT2D eigenvalue weighted by Crippen LogP contribution is 2.33. The molecule has 1 aliphatic heterocycles. The molecule has 0 N–H and O–H groups in total. The smallest absolute Gasteiger partial charge is 0.410 e. The molecule has 0 aromatic heterocycles. The van der Waals surface area contributed by atoms with Crippen LogP contribution in [0.25, 0.3) is 0 Å². The van der Waals surface area contributed by atoms with Crippen LogP contribution < -0.4 is 4.74 Å². The molecule has 0 radical (unpaired) electrons. The summed E-state index contributed by atoms with van der Waals surface area (Å²) >= 11 is 0. The Hall–Kier alpha value is -1.85. The quantitative estimate of drug-likeness (QED) is 0.827. The molecule has 1 heterocycles. The van der Waals surface area contributed by atoms with Crippen LogP contribution in [0.15, 0.2) is 18.2 Å². The molecular weight excluding hydrogens is 304 g/mol. The van der Waals surface area contributed by atoms with Gasteiger partial charge in [0.15, 0.2) is 11.6 Å². The van der Waals surface area contributed by atoms with Crippen molar-refractivity contribution in [2.24, 2.45) is 0 Å². The fraction of sp³-hybridized carbons (Fsp3) is 0.588. The molecule has 0 spiro atoms. The summed E-state index contributed by atoms with van der Waals surface area (Å²) in [5.41, 5.74) is -0.0292. The fourth-order valence-electron chi connectivity index (χ4n) is 2.69. The number of hydrogen-bond acceptors (Lipinski definition) is 3. The summed E-state index contributed by atoms with van der Waals surface area (Å²) in [5, 5.41) is 0. The normalized spacial score (nSPS) is 21.9. The van der Waals surface area contributed by atoms with Crippen LogP contribution in [0, 0.1) is 5.82 Å². The molecular formula is C17H23F2NO3. The predicted molar refractivity (Wildman–Crippen MR) is 83.0 cm³/mol. The number of likely N-dealkylation sites (tertiary alicyclic amines) is 1. The summed E-state index contributed by atoms with van der Waals surface area (Å²) in [7, 11) is 1.38. The van der Waals surface area contributed by atoms with E-state index in [0.29, 0.717) is 18.5 Å². The second-order valence-corrected chi connectivity index (χ2v) is 6.73. The molecule has 1 fully saturated rings. The van der Waals surface area contributed by atoms with E-state index in [4.69, 9.17) is 9.47 Å². The van der Waals surface area contributed by atoms with Gasteiger partial charge in [0.05, 0.1) is 13.7 Å². The molecule has 1 aromatic carbocycles. The van der Waals surface area contributed by atoms with Crippen molar-refractivity contribution in [3.05, 3.63) is 29.6 Å². The highest BCUT2D eigenvalue weighted by Gasteiger charge is 2.34. The molecule has 6 heteroatoms. The Balaban J connectivity index is 2.04. The lowest BCUT2D eigenvalue weighted by atomic mass is 9.88. The number of nitrogens with zero attached hydrogens (tertiary/aromatic N) is 1. The molecule has 2 rings (SSSR count). The number of ether oxygens (including phenoxy) is 2. The van der Waals surface area contributed by atoms with Gasteiger partial charge >= 0.3 is 6.09 Å². The van der Waals surface area contributed by atoms with Gasteiger partial charge in [-0.15, -0.1) is 0 Å². The van der Waals surface area contributed by atoms with Gasteiger partial charge in [-0.25, -0.2) is 13.6 Å². The minimum absolute atomic E-state index is 0.0484. The maximum absolute atomic E-state index is 14.5. The third-order valence-corrected chi connectivity index (χ3v) is 3.80. The van der Waals surface area contributed by atoms with Crippen LogP contribution in [0.4, 0.5) is 13.6 Å². The number of piperidine rings is 1. The average molecular weight is 327 g/mol. The molecule has 0 saturated carbocycles. The number of halogens is 2. The monoisotopic (exact) mass is 327 g/mol. The Morgan fingerprint density at radius 3 is 2.57 bits per heavy atom. The Bertz CT molecular complexity index is 571. The second-order valence-electron chi connectivity index (χ2n) is 6.73. The van der Waals surface area contributed by atoms with Crippen molar-refractivity contribution in [2.45, 2.75) is 44.9 Å². The maximum atomic E-state index is 14.5. The predicted octanol–water partition coefficient (Wildman–Crippen LogP) is 3.90. The largest absolute Gasteiger partial charge is 0.494 e. The van der Waals surface area contributed by atoms with Gasteiger partial charge in [0.25, 0.3) is 0 Å². The molecule has 1 aromatic rings. The van der Waals surface area contributed by atoms with Crippen molar-refractivity contribution in [1.82, 2.24) is 4.90 Å². The van der Waals surface area contributed by atoms with Crippen LogP contribution in [0.2, 0.25) is 0 Å². The summed E-state index contributed by atoms with van der Waals surface area (Å²) in [6, 6.07) is 4.47. The zero-order valence-corrected chi connectivity index (χ0v) is 13.9. The number of carbonyl (C=O) groups is 1. The van der Waals surface area contributed by atoms with E-state index in [2.05, 4.69) is 0 Å². The van der Waals surface area contributed by atoms with Gasteiger partial charge in [0.2, 0.25) is 0 Å². The van der Waals surface area contributed by atoms with E-state index in [-0.39, 0.29) is 12.3 Å². The van der Waals surface area contributed by atoms with Crippen molar-refractivity contribution in [3.63, 3.8) is 0 Å². The van der Waals surface area contributed by atoms with Crippen LogP contribution in [-0.4, -0.2) is 43.0 Å². The third-order valence-electron chi connectivity index (χ3n) is 3.80. The summed E-state index contributed by atoms with van der Waals surface area (Å²) in [6.07, 6.45) is -1.35. The third kappa shape index (κ3) is 4.33. The molecule has 128 valence electrons. The van der Waals surface area contributed by atoms with Crippen molar-refractivity contribution in [3.8, 4) is 5.75 Å². The second kappa shape index (κ2) is 6.72. The van der Waals surface area contributed by atoms with Crippen molar-refractivity contribution in [1.29, 1.82) is 0 Å². The zero-order chi connectivity index (χ0) is 17.2. The van der Waals surface area contributed by atoms with Crippen LogP contribution >= 0.6 is 0 Å². The highest BCUT2D eigenvalue weighted by atomic mass is 19.1. The number of hydrogen-bond donors (Lipinski definition) is 0. The Labute approximate surface area is 135 Å². The van der Waals surface area contributed by atoms with Gasteiger partial charge in [0, 0.05) is 12.5 Å².